The van der Waals surface area contributed by atoms with Crippen molar-refractivity contribution in [3.05, 3.63) is 125 Å². The lowest BCUT2D eigenvalue weighted by Gasteiger charge is -2.26. The second-order valence-electron chi connectivity index (χ2n) is 14.1. The summed E-state index contributed by atoms with van der Waals surface area (Å²) in [6.07, 6.45) is 4.29. The van der Waals surface area contributed by atoms with Crippen LogP contribution in [0.5, 0.6) is 5.75 Å². The maximum atomic E-state index is 13.5. The van der Waals surface area contributed by atoms with Gasteiger partial charge in [0.15, 0.2) is 0 Å². The Bertz CT molecular complexity index is 2000. The summed E-state index contributed by atoms with van der Waals surface area (Å²) in [6.45, 7) is 4.66. The molecule has 292 valence electrons. The van der Waals surface area contributed by atoms with Crippen LogP contribution in [-0.2, 0) is 27.3 Å². The Morgan fingerprint density at radius 2 is 1.52 bits per heavy atom. The van der Waals surface area contributed by atoms with Gasteiger partial charge in [-0.3, -0.25) is 19.3 Å². The molecule has 1 saturated heterocycles. The number of anilines is 2. The van der Waals surface area contributed by atoms with E-state index in [1.807, 2.05) is 66.7 Å². The number of nitrogens with one attached hydrogen (secondary N) is 4. The van der Waals surface area contributed by atoms with Gasteiger partial charge in [-0.1, -0.05) is 79.2 Å². The second-order valence-corrected chi connectivity index (χ2v) is 14.1. The first-order chi connectivity index (χ1) is 27.3. The van der Waals surface area contributed by atoms with E-state index in [1.54, 1.807) is 31.3 Å². The normalized spacial score (nSPS) is 15.5. The van der Waals surface area contributed by atoms with E-state index < -0.39 is 12.2 Å². The Hall–Kier alpha value is -6.01. The van der Waals surface area contributed by atoms with Crippen molar-refractivity contribution in [1.82, 2.24) is 20.9 Å². The number of aliphatic imine (C=N–C) groups is 1. The van der Waals surface area contributed by atoms with E-state index in [9.17, 15) is 19.2 Å². The maximum absolute atomic E-state index is 13.5. The lowest BCUT2D eigenvalue weighted by molar-refractivity contribution is -0.122. The number of hydrogen-bond acceptors (Lipinski definition) is 7. The molecule has 1 atom stereocenters. The van der Waals surface area contributed by atoms with Crippen LogP contribution in [0.4, 0.5) is 16.2 Å². The number of para-hydroxylation sites is 1. The van der Waals surface area contributed by atoms with Crippen molar-refractivity contribution >= 4 is 40.8 Å². The summed E-state index contributed by atoms with van der Waals surface area (Å²) in [5.74, 6) is 0.208. The molecular weight excluding hydrogens is 707 g/mol. The molecule has 4 aromatic rings. The van der Waals surface area contributed by atoms with E-state index in [-0.39, 0.29) is 24.1 Å². The average Bonchev–Trinajstić information content (AvgIpc) is 3.31. The smallest absolute Gasteiger partial charge is 0.321 e. The predicted molar refractivity (Wildman–Crippen MR) is 219 cm³/mol. The third-order valence-corrected chi connectivity index (χ3v) is 9.78. The van der Waals surface area contributed by atoms with Crippen LogP contribution >= 0.6 is 0 Å². The number of likely N-dealkylation sites (N-methyl/N-ethyl adjacent to an activating group) is 1. The number of piperidine rings is 1. The van der Waals surface area contributed by atoms with Gasteiger partial charge in [0.05, 0.1) is 24.4 Å². The first-order valence-corrected chi connectivity index (χ1v) is 19.5. The standard InChI is InChI=1S/C44H51N7O5/c1-50-38-21-7-6-20-37(38)41(34-16-4-2-5-17-34)48-42(43(50)54)49-44(55)47-35-18-10-14-32(28-35)30-40(53)46-23-12-22-39(52)45-24-13-27-56-36-19-11-15-33(29-36)31-51-25-8-3-9-26-51/h2,4-7,10-11,14-21,28-29,42H,3,8-9,12-13,22-27,30-31H2,1H3,(H,45,52)(H,46,53)(H2,47,49,55)/t42-/m0/s1. The Morgan fingerprint density at radius 3 is 2.36 bits per heavy atom. The number of ether oxygens (including phenoxy) is 1. The molecule has 5 amide bonds. The third-order valence-electron chi connectivity index (χ3n) is 9.78. The summed E-state index contributed by atoms with van der Waals surface area (Å²) in [5.41, 5.74) is 5.30. The highest BCUT2D eigenvalue weighted by Crippen LogP contribution is 2.27. The molecular formula is C44H51N7O5. The van der Waals surface area contributed by atoms with E-state index in [1.165, 1.54) is 29.7 Å². The minimum atomic E-state index is -1.17. The largest absolute Gasteiger partial charge is 0.494 e. The summed E-state index contributed by atoms with van der Waals surface area (Å²) in [4.78, 5) is 60.4. The summed E-state index contributed by atoms with van der Waals surface area (Å²) >= 11 is 0. The average molecular weight is 758 g/mol. The number of nitrogens with zero attached hydrogens (tertiary/aromatic N) is 3. The van der Waals surface area contributed by atoms with E-state index in [4.69, 9.17) is 9.73 Å². The molecule has 4 aromatic carbocycles. The van der Waals surface area contributed by atoms with Crippen LogP contribution in [0.2, 0.25) is 0 Å². The summed E-state index contributed by atoms with van der Waals surface area (Å²) in [5, 5.41) is 11.3. The van der Waals surface area contributed by atoms with Gasteiger partial charge in [0.25, 0.3) is 5.91 Å². The molecule has 0 unspecified atom stereocenters. The molecule has 0 saturated carbocycles. The molecule has 2 heterocycles. The van der Waals surface area contributed by atoms with Crippen LogP contribution in [0, 0.1) is 0 Å². The molecule has 1 fully saturated rings. The molecule has 0 radical (unpaired) electrons. The zero-order chi connectivity index (χ0) is 39.1. The molecule has 12 heteroatoms. The fourth-order valence-corrected chi connectivity index (χ4v) is 6.91. The van der Waals surface area contributed by atoms with Crippen LogP contribution in [-0.4, -0.2) is 80.4 Å². The second kappa shape index (κ2) is 20.1. The van der Waals surface area contributed by atoms with Gasteiger partial charge in [-0.25, -0.2) is 9.79 Å². The number of benzene rings is 4. The fourth-order valence-electron chi connectivity index (χ4n) is 6.91. The molecule has 0 spiro atoms. The predicted octanol–water partition coefficient (Wildman–Crippen LogP) is 5.66. The lowest BCUT2D eigenvalue weighted by atomic mass is 10.0. The zero-order valence-corrected chi connectivity index (χ0v) is 32.0. The van der Waals surface area contributed by atoms with Crippen molar-refractivity contribution < 1.29 is 23.9 Å². The van der Waals surface area contributed by atoms with Crippen molar-refractivity contribution in [3.63, 3.8) is 0 Å². The monoisotopic (exact) mass is 757 g/mol. The molecule has 0 aromatic heterocycles. The molecule has 4 N–H and O–H groups in total. The summed E-state index contributed by atoms with van der Waals surface area (Å²) in [7, 11) is 1.66. The Balaban J connectivity index is 0.888. The molecule has 0 bridgehead atoms. The van der Waals surface area contributed by atoms with Gasteiger partial charge in [-0.05, 0) is 80.2 Å². The maximum Gasteiger partial charge on any atom is 0.321 e. The Kier molecular flexibility index (Phi) is 14.2. The van der Waals surface area contributed by atoms with Gasteiger partial charge >= 0.3 is 6.03 Å². The van der Waals surface area contributed by atoms with Crippen LogP contribution in [0.3, 0.4) is 0 Å². The van der Waals surface area contributed by atoms with Crippen molar-refractivity contribution in [2.75, 3.05) is 50.1 Å². The van der Waals surface area contributed by atoms with Crippen molar-refractivity contribution in [3.8, 4) is 5.75 Å². The number of amides is 5. The van der Waals surface area contributed by atoms with E-state index in [0.29, 0.717) is 61.6 Å². The topological polar surface area (TPSA) is 144 Å². The van der Waals surface area contributed by atoms with Crippen molar-refractivity contribution in [2.45, 2.75) is 57.7 Å². The van der Waals surface area contributed by atoms with Gasteiger partial charge in [-0.2, -0.15) is 0 Å². The SMILES string of the molecule is CN1C(=O)[C@H](NC(=O)Nc2cccc(CC(=O)NCCCC(=O)NCCCOc3cccc(CN4CCCCC4)c3)c2)N=C(c2ccccc2)c2ccccc21. The summed E-state index contributed by atoms with van der Waals surface area (Å²) < 4.78 is 5.93. The number of carbonyl (C=O) groups excluding carboxylic acids is 4. The Labute approximate surface area is 328 Å². The van der Waals surface area contributed by atoms with E-state index in [2.05, 4.69) is 38.3 Å². The molecule has 6 rings (SSSR count). The van der Waals surface area contributed by atoms with Gasteiger partial charge in [-0.15, -0.1) is 0 Å². The van der Waals surface area contributed by atoms with Gasteiger partial charge in [0.2, 0.25) is 18.0 Å². The highest BCUT2D eigenvalue weighted by Gasteiger charge is 2.31. The van der Waals surface area contributed by atoms with E-state index in [0.717, 1.165) is 36.5 Å². The number of fused-ring (bicyclic) bond motifs is 1. The number of carbonyl (C=O) groups is 4. The van der Waals surface area contributed by atoms with Gasteiger partial charge in [0.1, 0.15) is 5.75 Å². The first kappa shape index (κ1) is 39.7. The third kappa shape index (κ3) is 11.5. The number of rotatable bonds is 16. The highest BCUT2D eigenvalue weighted by molar-refractivity contribution is 6.20. The number of benzodiazepines with no additional fused rings is 1. The number of likely N-dealkylation sites (tertiary alicyclic amines) is 1. The number of hydrogen-bond donors (Lipinski definition) is 4. The summed E-state index contributed by atoms with van der Waals surface area (Å²) in [6, 6.07) is 31.6. The minimum absolute atomic E-state index is 0.0662. The van der Waals surface area contributed by atoms with Crippen LogP contribution in [0.15, 0.2) is 108 Å². The minimum Gasteiger partial charge on any atom is -0.494 e. The number of urea groups is 1. The molecule has 2 aliphatic rings. The molecule has 56 heavy (non-hydrogen) atoms. The van der Waals surface area contributed by atoms with Crippen LogP contribution in [0.25, 0.3) is 0 Å². The van der Waals surface area contributed by atoms with Crippen LogP contribution < -0.4 is 30.9 Å². The zero-order valence-electron chi connectivity index (χ0n) is 32.0. The van der Waals surface area contributed by atoms with Gasteiger partial charge in [0, 0.05) is 49.9 Å². The van der Waals surface area contributed by atoms with Crippen molar-refractivity contribution in [2.24, 2.45) is 4.99 Å². The molecule has 0 aliphatic carbocycles. The quantitative estimate of drug-likeness (QED) is 0.109. The van der Waals surface area contributed by atoms with Crippen LogP contribution in [0.1, 0.15) is 60.8 Å². The lowest BCUT2D eigenvalue weighted by Crippen LogP contribution is -2.47. The van der Waals surface area contributed by atoms with Crippen molar-refractivity contribution in [1.29, 1.82) is 0 Å². The molecule has 12 nitrogen and oxygen atoms in total. The molecule has 2 aliphatic heterocycles. The van der Waals surface area contributed by atoms with E-state index >= 15 is 0 Å². The fraction of sp³-hybridized carbons (Fsp3) is 0.341. The first-order valence-electron chi connectivity index (χ1n) is 19.5. The van der Waals surface area contributed by atoms with Gasteiger partial charge < -0.3 is 30.9 Å². The highest BCUT2D eigenvalue weighted by atomic mass is 16.5. The Morgan fingerprint density at radius 1 is 0.786 bits per heavy atom.